The van der Waals surface area contributed by atoms with Crippen LogP contribution in [0.2, 0.25) is 0 Å². The highest BCUT2D eigenvalue weighted by molar-refractivity contribution is 5.92. The lowest BCUT2D eigenvalue weighted by molar-refractivity contribution is -0.140. The molecule has 1 saturated carbocycles. The van der Waals surface area contributed by atoms with Gasteiger partial charge in [0.2, 0.25) is 11.8 Å². The maximum Gasteiger partial charge on any atom is 0.307 e. The number of carbonyl (C=O) groups excluding carboxylic acids is 2. The number of amides is 2. The van der Waals surface area contributed by atoms with E-state index >= 15 is 0 Å². The lowest BCUT2D eigenvalue weighted by Crippen LogP contribution is -2.48. The van der Waals surface area contributed by atoms with Gasteiger partial charge < -0.3 is 15.7 Å². The average molecular weight is 254 g/mol. The molecule has 18 heavy (non-hydrogen) atoms. The summed E-state index contributed by atoms with van der Waals surface area (Å²) < 4.78 is 0. The standard InChI is InChI=1S/C12H18N2O4/c1-12(2)8(9(12)11(17)18)10(16)14-6-3-4-7(15)13-5-6/h6,8-9H,3-5H2,1-2H3,(H,13,15)(H,14,16)(H,17,18). The fourth-order valence-electron chi connectivity index (χ4n) is 2.73. The monoisotopic (exact) mass is 254 g/mol. The van der Waals surface area contributed by atoms with Crippen molar-refractivity contribution in [3.63, 3.8) is 0 Å². The van der Waals surface area contributed by atoms with Crippen molar-refractivity contribution in [1.29, 1.82) is 0 Å². The lowest BCUT2D eigenvalue weighted by atomic mass is 10.1. The molecular formula is C12H18N2O4. The van der Waals surface area contributed by atoms with Crippen molar-refractivity contribution in [2.45, 2.75) is 32.7 Å². The van der Waals surface area contributed by atoms with Crippen molar-refractivity contribution in [2.75, 3.05) is 6.54 Å². The normalized spacial score (nSPS) is 33.4. The molecule has 2 fully saturated rings. The Balaban J connectivity index is 1.90. The van der Waals surface area contributed by atoms with Gasteiger partial charge in [-0.25, -0.2) is 0 Å². The zero-order chi connectivity index (χ0) is 13.5. The van der Waals surface area contributed by atoms with E-state index in [1.807, 2.05) is 0 Å². The summed E-state index contributed by atoms with van der Waals surface area (Å²) in [6, 6.07) is -0.0824. The van der Waals surface area contributed by atoms with Crippen LogP contribution in [0.1, 0.15) is 26.7 Å². The Morgan fingerprint density at radius 2 is 2.06 bits per heavy atom. The van der Waals surface area contributed by atoms with Crippen molar-refractivity contribution in [3.8, 4) is 0 Å². The second-order valence-corrected chi connectivity index (χ2v) is 5.66. The lowest BCUT2D eigenvalue weighted by Gasteiger charge is -2.23. The van der Waals surface area contributed by atoms with Crippen LogP contribution < -0.4 is 10.6 Å². The predicted octanol–water partition coefficient (Wildman–Crippen LogP) is -0.262. The molecule has 2 amide bonds. The molecule has 0 aromatic heterocycles. The van der Waals surface area contributed by atoms with Gasteiger partial charge in [0.1, 0.15) is 0 Å². The van der Waals surface area contributed by atoms with Gasteiger partial charge in [-0.3, -0.25) is 14.4 Å². The van der Waals surface area contributed by atoms with Crippen LogP contribution in [0.25, 0.3) is 0 Å². The van der Waals surface area contributed by atoms with Gasteiger partial charge in [0.05, 0.1) is 11.8 Å². The third kappa shape index (κ3) is 2.19. The Hall–Kier alpha value is -1.59. The minimum atomic E-state index is -0.919. The van der Waals surface area contributed by atoms with E-state index in [2.05, 4.69) is 10.6 Å². The molecule has 1 saturated heterocycles. The van der Waals surface area contributed by atoms with Gasteiger partial charge in [-0.15, -0.1) is 0 Å². The molecule has 3 N–H and O–H groups in total. The first-order chi connectivity index (χ1) is 8.34. The fourth-order valence-corrected chi connectivity index (χ4v) is 2.73. The summed E-state index contributed by atoms with van der Waals surface area (Å²) in [6.45, 7) is 4.01. The Kier molecular flexibility index (Phi) is 3.04. The minimum Gasteiger partial charge on any atom is -0.481 e. The van der Waals surface area contributed by atoms with Crippen LogP contribution in [0.3, 0.4) is 0 Å². The topological polar surface area (TPSA) is 95.5 Å². The van der Waals surface area contributed by atoms with Crippen LogP contribution in [0, 0.1) is 17.3 Å². The van der Waals surface area contributed by atoms with E-state index in [0.29, 0.717) is 19.4 Å². The van der Waals surface area contributed by atoms with Gasteiger partial charge in [0.15, 0.2) is 0 Å². The highest BCUT2D eigenvalue weighted by Crippen LogP contribution is 2.58. The molecule has 3 unspecified atom stereocenters. The number of aliphatic carboxylic acids is 1. The average Bonchev–Trinajstić information content (AvgIpc) is 2.85. The van der Waals surface area contributed by atoms with Gasteiger partial charge in [0.25, 0.3) is 0 Å². The zero-order valence-corrected chi connectivity index (χ0v) is 10.5. The second-order valence-electron chi connectivity index (χ2n) is 5.66. The van der Waals surface area contributed by atoms with Crippen molar-refractivity contribution in [3.05, 3.63) is 0 Å². The predicted molar refractivity (Wildman–Crippen MR) is 62.6 cm³/mol. The summed E-state index contributed by atoms with van der Waals surface area (Å²) in [5.41, 5.74) is -0.478. The van der Waals surface area contributed by atoms with E-state index in [9.17, 15) is 14.4 Å². The number of hydrogen-bond acceptors (Lipinski definition) is 3. The molecular weight excluding hydrogens is 236 g/mol. The van der Waals surface area contributed by atoms with Crippen LogP contribution in [-0.4, -0.2) is 35.5 Å². The van der Waals surface area contributed by atoms with Crippen molar-refractivity contribution in [2.24, 2.45) is 17.3 Å². The Labute approximate surface area is 105 Å². The SMILES string of the molecule is CC1(C)C(C(=O)O)C1C(=O)NC1CCC(=O)NC1. The van der Waals surface area contributed by atoms with Crippen LogP contribution >= 0.6 is 0 Å². The fraction of sp³-hybridized carbons (Fsp3) is 0.750. The molecule has 3 atom stereocenters. The van der Waals surface area contributed by atoms with Crippen LogP contribution in [0.15, 0.2) is 0 Å². The Morgan fingerprint density at radius 1 is 1.39 bits per heavy atom. The summed E-state index contributed by atoms with van der Waals surface area (Å²) in [6.07, 6.45) is 1.02. The van der Waals surface area contributed by atoms with Crippen molar-refractivity contribution in [1.82, 2.24) is 10.6 Å². The number of carboxylic acid groups (broad SMARTS) is 1. The minimum absolute atomic E-state index is 0.00402. The molecule has 100 valence electrons. The largest absolute Gasteiger partial charge is 0.481 e. The van der Waals surface area contributed by atoms with E-state index in [0.717, 1.165) is 0 Å². The summed E-state index contributed by atoms with van der Waals surface area (Å²) in [4.78, 5) is 34.0. The summed E-state index contributed by atoms with van der Waals surface area (Å²) in [5.74, 6) is -2.20. The number of carboxylic acids is 1. The van der Waals surface area contributed by atoms with Gasteiger partial charge in [-0.2, -0.15) is 0 Å². The number of carbonyl (C=O) groups is 3. The van der Waals surface area contributed by atoms with Gasteiger partial charge in [-0.1, -0.05) is 13.8 Å². The van der Waals surface area contributed by atoms with Gasteiger partial charge in [-0.05, 0) is 11.8 Å². The second kappa shape index (κ2) is 4.26. The summed E-state index contributed by atoms with van der Waals surface area (Å²) in [5, 5.41) is 14.5. The molecule has 6 heteroatoms. The van der Waals surface area contributed by atoms with Gasteiger partial charge in [0, 0.05) is 19.0 Å². The molecule has 6 nitrogen and oxygen atoms in total. The molecule has 1 aliphatic heterocycles. The number of rotatable bonds is 3. The van der Waals surface area contributed by atoms with E-state index in [4.69, 9.17) is 5.11 Å². The van der Waals surface area contributed by atoms with Crippen LogP contribution in [0.5, 0.6) is 0 Å². The van der Waals surface area contributed by atoms with Crippen molar-refractivity contribution >= 4 is 17.8 Å². The molecule has 1 aliphatic carbocycles. The van der Waals surface area contributed by atoms with E-state index in [-0.39, 0.29) is 17.9 Å². The molecule has 2 aliphatic rings. The maximum absolute atomic E-state index is 12.0. The van der Waals surface area contributed by atoms with E-state index in [1.165, 1.54) is 0 Å². The first-order valence-corrected chi connectivity index (χ1v) is 6.14. The molecule has 0 spiro atoms. The number of nitrogens with one attached hydrogen (secondary N) is 2. The molecule has 2 rings (SSSR count). The number of piperidine rings is 1. The molecule has 0 aromatic carbocycles. The summed E-state index contributed by atoms with van der Waals surface area (Å²) >= 11 is 0. The molecule has 0 radical (unpaired) electrons. The van der Waals surface area contributed by atoms with Crippen LogP contribution in [-0.2, 0) is 14.4 Å². The zero-order valence-electron chi connectivity index (χ0n) is 10.5. The van der Waals surface area contributed by atoms with E-state index in [1.54, 1.807) is 13.8 Å². The molecule has 1 heterocycles. The molecule has 0 aromatic rings. The van der Waals surface area contributed by atoms with Gasteiger partial charge >= 0.3 is 5.97 Å². The highest BCUT2D eigenvalue weighted by Gasteiger charge is 2.65. The Bertz CT molecular complexity index is 395. The maximum atomic E-state index is 12.0. The summed E-state index contributed by atoms with van der Waals surface area (Å²) in [7, 11) is 0. The number of hydrogen-bond donors (Lipinski definition) is 3. The molecule has 0 bridgehead atoms. The van der Waals surface area contributed by atoms with Crippen LogP contribution in [0.4, 0.5) is 0 Å². The van der Waals surface area contributed by atoms with E-state index < -0.39 is 23.2 Å². The first-order valence-electron chi connectivity index (χ1n) is 6.14. The first kappa shape index (κ1) is 12.9. The highest BCUT2D eigenvalue weighted by atomic mass is 16.4. The Morgan fingerprint density at radius 3 is 2.50 bits per heavy atom. The quantitative estimate of drug-likeness (QED) is 0.646. The van der Waals surface area contributed by atoms with Crippen molar-refractivity contribution < 1.29 is 19.5 Å². The third-order valence-electron chi connectivity index (χ3n) is 3.99. The third-order valence-corrected chi connectivity index (χ3v) is 3.99. The smallest absolute Gasteiger partial charge is 0.307 e.